The molecule has 1 aromatic heterocycles. The van der Waals surface area contributed by atoms with Gasteiger partial charge in [-0.3, -0.25) is 0 Å². The molecule has 2 heterocycles. The lowest BCUT2D eigenvalue weighted by atomic mass is 10.3. The summed E-state index contributed by atoms with van der Waals surface area (Å²) in [5.74, 6) is 0.926. The average molecular weight is 282 g/mol. The Kier molecular flexibility index (Phi) is 3.71. The van der Waals surface area contributed by atoms with Gasteiger partial charge in [0.05, 0.1) is 16.9 Å². The van der Waals surface area contributed by atoms with Crippen molar-refractivity contribution in [3.8, 4) is 0 Å². The summed E-state index contributed by atoms with van der Waals surface area (Å²) in [7, 11) is 0. The standard InChI is InChI=1S/C14H17ClFN3/c15-10-14-17-12-9-11(16)3-4-13(12)19(14)8-7-18-5-1-2-6-18/h3-4,9H,1-2,5-8,10H2. The van der Waals surface area contributed by atoms with E-state index < -0.39 is 0 Å². The lowest BCUT2D eigenvalue weighted by Crippen LogP contribution is -2.24. The molecule has 1 aromatic carbocycles. The molecule has 5 heteroatoms. The molecular weight excluding hydrogens is 265 g/mol. The molecule has 19 heavy (non-hydrogen) atoms. The van der Waals surface area contributed by atoms with Crippen LogP contribution in [-0.4, -0.2) is 34.1 Å². The molecule has 2 aromatic rings. The van der Waals surface area contributed by atoms with Crippen molar-refractivity contribution in [1.82, 2.24) is 14.5 Å². The molecule has 1 saturated heterocycles. The maximum absolute atomic E-state index is 13.2. The van der Waals surface area contributed by atoms with Gasteiger partial charge in [-0.05, 0) is 38.1 Å². The van der Waals surface area contributed by atoms with Gasteiger partial charge < -0.3 is 9.47 Å². The van der Waals surface area contributed by atoms with Crippen LogP contribution in [0.2, 0.25) is 0 Å². The Bertz CT molecular complexity index is 575. The number of rotatable bonds is 4. The van der Waals surface area contributed by atoms with Crippen LogP contribution in [0.15, 0.2) is 18.2 Å². The van der Waals surface area contributed by atoms with Crippen LogP contribution < -0.4 is 0 Å². The second-order valence-corrected chi connectivity index (χ2v) is 5.26. The number of halogens is 2. The predicted octanol–water partition coefficient (Wildman–Crippen LogP) is 3.01. The third kappa shape index (κ3) is 2.60. The van der Waals surface area contributed by atoms with Gasteiger partial charge in [-0.1, -0.05) is 0 Å². The number of nitrogens with zero attached hydrogens (tertiary/aromatic N) is 3. The minimum Gasteiger partial charge on any atom is -0.326 e. The number of likely N-dealkylation sites (tertiary alicyclic amines) is 1. The van der Waals surface area contributed by atoms with Crippen LogP contribution in [0.4, 0.5) is 4.39 Å². The van der Waals surface area contributed by atoms with Crippen LogP contribution in [0.5, 0.6) is 0 Å². The number of imidazole rings is 1. The first kappa shape index (κ1) is 12.9. The summed E-state index contributed by atoms with van der Waals surface area (Å²) < 4.78 is 15.3. The molecule has 0 unspecified atom stereocenters. The molecule has 1 aliphatic rings. The Hall–Kier alpha value is -1.13. The smallest absolute Gasteiger partial charge is 0.125 e. The Balaban J connectivity index is 1.87. The molecule has 0 radical (unpaired) electrons. The minimum atomic E-state index is -0.252. The van der Waals surface area contributed by atoms with E-state index in [-0.39, 0.29) is 5.82 Å². The summed E-state index contributed by atoms with van der Waals surface area (Å²) in [4.78, 5) is 6.86. The van der Waals surface area contributed by atoms with Crippen LogP contribution >= 0.6 is 11.6 Å². The highest BCUT2D eigenvalue weighted by atomic mass is 35.5. The molecule has 102 valence electrons. The van der Waals surface area contributed by atoms with E-state index in [0.717, 1.165) is 24.4 Å². The van der Waals surface area contributed by atoms with Gasteiger partial charge in [0.25, 0.3) is 0 Å². The molecule has 0 atom stereocenters. The topological polar surface area (TPSA) is 21.1 Å². The van der Waals surface area contributed by atoms with Gasteiger partial charge in [-0.15, -0.1) is 11.6 Å². The maximum atomic E-state index is 13.2. The monoisotopic (exact) mass is 281 g/mol. The minimum absolute atomic E-state index is 0.252. The van der Waals surface area contributed by atoms with E-state index in [4.69, 9.17) is 11.6 Å². The van der Waals surface area contributed by atoms with E-state index in [1.807, 2.05) is 0 Å². The molecule has 0 spiro atoms. The van der Waals surface area contributed by atoms with E-state index in [1.165, 1.54) is 38.1 Å². The zero-order chi connectivity index (χ0) is 13.2. The van der Waals surface area contributed by atoms with E-state index in [2.05, 4.69) is 14.5 Å². The highest BCUT2D eigenvalue weighted by molar-refractivity contribution is 6.16. The Morgan fingerprint density at radius 2 is 2.00 bits per heavy atom. The van der Waals surface area contributed by atoms with Crippen LogP contribution in [0, 0.1) is 5.82 Å². The highest BCUT2D eigenvalue weighted by Crippen LogP contribution is 2.19. The summed E-state index contributed by atoms with van der Waals surface area (Å²) >= 11 is 5.95. The third-order valence-electron chi connectivity index (χ3n) is 3.75. The average Bonchev–Trinajstić information content (AvgIpc) is 3.02. The fraction of sp³-hybridized carbons (Fsp3) is 0.500. The number of hydrogen-bond donors (Lipinski definition) is 0. The zero-order valence-corrected chi connectivity index (χ0v) is 11.5. The first-order valence-electron chi connectivity index (χ1n) is 6.71. The van der Waals surface area contributed by atoms with Crippen molar-refractivity contribution < 1.29 is 4.39 Å². The summed E-state index contributed by atoms with van der Waals surface area (Å²) in [6.07, 6.45) is 2.58. The van der Waals surface area contributed by atoms with Gasteiger partial charge in [-0.25, -0.2) is 9.37 Å². The number of hydrogen-bond acceptors (Lipinski definition) is 2. The molecule has 0 aliphatic carbocycles. The highest BCUT2D eigenvalue weighted by Gasteiger charge is 2.14. The maximum Gasteiger partial charge on any atom is 0.125 e. The molecule has 1 aliphatic heterocycles. The molecular formula is C14H17ClFN3. The van der Waals surface area contributed by atoms with Crippen LogP contribution in [0.1, 0.15) is 18.7 Å². The van der Waals surface area contributed by atoms with E-state index in [0.29, 0.717) is 11.4 Å². The zero-order valence-electron chi connectivity index (χ0n) is 10.8. The van der Waals surface area contributed by atoms with Gasteiger partial charge in [-0.2, -0.15) is 0 Å². The van der Waals surface area contributed by atoms with Gasteiger partial charge in [0.1, 0.15) is 11.6 Å². The number of alkyl halides is 1. The van der Waals surface area contributed by atoms with Crippen molar-refractivity contribution >= 4 is 22.6 Å². The molecule has 3 rings (SSSR count). The molecule has 0 saturated carbocycles. The van der Waals surface area contributed by atoms with Crippen molar-refractivity contribution in [2.75, 3.05) is 19.6 Å². The second kappa shape index (κ2) is 5.47. The summed E-state index contributed by atoms with van der Waals surface area (Å²) in [5.41, 5.74) is 1.66. The molecule has 0 bridgehead atoms. The lowest BCUT2D eigenvalue weighted by Gasteiger charge is -2.16. The van der Waals surface area contributed by atoms with Gasteiger partial charge in [0.15, 0.2) is 0 Å². The summed E-state index contributed by atoms with van der Waals surface area (Å²) in [5, 5.41) is 0. The van der Waals surface area contributed by atoms with Crippen LogP contribution in [0.3, 0.4) is 0 Å². The predicted molar refractivity (Wildman–Crippen MR) is 74.9 cm³/mol. The molecule has 0 amide bonds. The van der Waals surface area contributed by atoms with Crippen molar-refractivity contribution in [2.45, 2.75) is 25.3 Å². The second-order valence-electron chi connectivity index (χ2n) is 5.00. The Morgan fingerprint density at radius 3 is 2.74 bits per heavy atom. The van der Waals surface area contributed by atoms with E-state index >= 15 is 0 Å². The SMILES string of the molecule is Fc1ccc2c(c1)nc(CCl)n2CCN1CCCC1. The van der Waals surface area contributed by atoms with Crippen molar-refractivity contribution in [1.29, 1.82) is 0 Å². The van der Waals surface area contributed by atoms with Crippen LogP contribution in [0.25, 0.3) is 11.0 Å². The van der Waals surface area contributed by atoms with Crippen LogP contribution in [-0.2, 0) is 12.4 Å². The lowest BCUT2D eigenvalue weighted by molar-refractivity contribution is 0.323. The first-order valence-corrected chi connectivity index (χ1v) is 7.24. The summed E-state index contributed by atoms with van der Waals surface area (Å²) in [6.45, 7) is 4.23. The molecule has 3 nitrogen and oxygen atoms in total. The van der Waals surface area contributed by atoms with E-state index in [1.54, 1.807) is 6.07 Å². The normalized spacial score (nSPS) is 16.5. The Morgan fingerprint density at radius 1 is 1.21 bits per heavy atom. The fourth-order valence-corrected chi connectivity index (χ4v) is 2.96. The fourth-order valence-electron chi connectivity index (χ4n) is 2.75. The van der Waals surface area contributed by atoms with Crippen molar-refractivity contribution in [3.63, 3.8) is 0 Å². The number of fused-ring (bicyclic) bond motifs is 1. The van der Waals surface area contributed by atoms with Crippen molar-refractivity contribution in [2.24, 2.45) is 0 Å². The van der Waals surface area contributed by atoms with Gasteiger partial charge in [0.2, 0.25) is 0 Å². The van der Waals surface area contributed by atoms with Gasteiger partial charge in [0, 0.05) is 19.2 Å². The number of benzene rings is 1. The first-order chi connectivity index (χ1) is 9.28. The molecule has 0 N–H and O–H groups in total. The van der Waals surface area contributed by atoms with Gasteiger partial charge >= 0.3 is 0 Å². The quantitative estimate of drug-likeness (QED) is 0.804. The largest absolute Gasteiger partial charge is 0.326 e. The Labute approximate surface area is 117 Å². The number of aromatic nitrogens is 2. The van der Waals surface area contributed by atoms with Crippen molar-refractivity contribution in [3.05, 3.63) is 29.8 Å². The summed E-state index contributed by atoms with van der Waals surface area (Å²) in [6, 6.07) is 4.74. The third-order valence-corrected chi connectivity index (χ3v) is 3.99. The molecule has 1 fully saturated rings. The van der Waals surface area contributed by atoms with E-state index in [9.17, 15) is 4.39 Å².